The first-order valence-electron chi connectivity index (χ1n) is 6.36. The number of ether oxygens (including phenoxy) is 1. The fourth-order valence-corrected chi connectivity index (χ4v) is 2.77. The van der Waals surface area contributed by atoms with Crippen molar-refractivity contribution in [1.82, 2.24) is 9.72 Å². The third-order valence-corrected chi connectivity index (χ3v) is 3.93. The van der Waals surface area contributed by atoms with Crippen molar-refractivity contribution >= 4 is 28.6 Å². The van der Waals surface area contributed by atoms with Crippen LogP contribution in [0.3, 0.4) is 0 Å². The quantitative estimate of drug-likeness (QED) is 0.514. The van der Waals surface area contributed by atoms with Gasteiger partial charge in [-0.1, -0.05) is 16.5 Å². The van der Waals surface area contributed by atoms with Crippen LogP contribution in [0.2, 0.25) is 0 Å². The largest absolute Gasteiger partial charge is 0.522 e. The Morgan fingerprint density at radius 3 is 2.68 bits per heavy atom. The van der Waals surface area contributed by atoms with Crippen molar-refractivity contribution in [1.29, 1.82) is 0 Å². The van der Waals surface area contributed by atoms with Crippen molar-refractivity contribution in [3.63, 3.8) is 0 Å². The first kappa shape index (κ1) is 17.2. The Morgan fingerprint density at radius 1 is 1.32 bits per heavy atom. The Kier molecular flexibility index (Phi) is 4.16. The number of carbonyl (C=O) groups is 1. The highest BCUT2D eigenvalue weighted by Crippen LogP contribution is 2.28. The molecule has 132 valence electrons. The van der Waals surface area contributed by atoms with Crippen molar-refractivity contribution in [3.05, 3.63) is 44.0 Å². The summed E-state index contributed by atoms with van der Waals surface area (Å²) in [6, 6.07) is 0.919. The number of hydrogen-bond acceptors (Lipinski definition) is 6. The lowest BCUT2D eigenvalue weighted by Crippen LogP contribution is -2.12. The average Bonchev–Trinajstić information content (AvgIpc) is 3.11. The first-order chi connectivity index (χ1) is 11.7. The molecule has 6 nitrogen and oxygen atoms in total. The molecule has 0 bridgehead atoms. The van der Waals surface area contributed by atoms with E-state index in [1.165, 1.54) is 0 Å². The van der Waals surface area contributed by atoms with E-state index in [2.05, 4.69) is 14.4 Å². The van der Waals surface area contributed by atoms with E-state index < -0.39 is 40.6 Å². The molecule has 0 saturated carbocycles. The topological polar surface area (TPSA) is 74.3 Å². The number of alkyl halides is 3. The maximum absolute atomic E-state index is 13.8. The van der Waals surface area contributed by atoms with E-state index in [4.69, 9.17) is 0 Å². The Bertz CT molecular complexity index is 1020. The third-order valence-electron chi connectivity index (χ3n) is 3.08. The standard InChI is InChI=1S/C13H5F5N2O4S/c14-8-5(3-21)1-7-10(9(8)15)24-19-11(7)20-2-6(25-12(20)22)4-23-13(16,17)18/h1-3H,4H2. The molecule has 0 N–H and O–H groups in total. The summed E-state index contributed by atoms with van der Waals surface area (Å²) in [5, 5.41) is 3.24. The average molecular weight is 380 g/mol. The Hall–Kier alpha value is -2.60. The maximum atomic E-state index is 13.8. The molecule has 0 aliphatic carbocycles. The van der Waals surface area contributed by atoms with Gasteiger partial charge in [0.2, 0.25) is 11.4 Å². The number of halogens is 5. The molecule has 0 atom stereocenters. The van der Waals surface area contributed by atoms with Gasteiger partial charge in [-0.15, -0.1) is 13.2 Å². The zero-order chi connectivity index (χ0) is 18.4. The Balaban J connectivity index is 2.08. The van der Waals surface area contributed by atoms with Gasteiger partial charge >= 0.3 is 11.2 Å². The van der Waals surface area contributed by atoms with Gasteiger partial charge in [-0.2, -0.15) is 4.39 Å². The van der Waals surface area contributed by atoms with Gasteiger partial charge in [-0.05, 0) is 6.07 Å². The summed E-state index contributed by atoms with van der Waals surface area (Å²) in [5.41, 5.74) is -1.26. The molecule has 1 aromatic carbocycles. The molecule has 12 heteroatoms. The fourth-order valence-electron chi connectivity index (χ4n) is 2.03. The van der Waals surface area contributed by atoms with Gasteiger partial charge in [-0.3, -0.25) is 18.9 Å². The molecule has 2 aromatic heterocycles. The number of thiazole rings is 1. The molecule has 25 heavy (non-hydrogen) atoms. The van der Waals surface area contributed by atoms with Crippen molar-refractivity contribution in [2.24, 2.45) is 0 Å². The lowest BCUT2D eigenvalue weighted by molar-refractivity contribution is -0.330. The SMILES string of the molecule is O=Cc1cc2c(-n3cc(COC(F)(F)F)sc3=O)noc2c(F)c1F. The molecule has 0 saturated heterocycles. The van der Waals surface area contributed by atoms with Crippen LogP contribution in [0.25, 0.3) is 16.8 Å². The number of nitrogens with zero attached hydrogens (tertiary/aromatic N) is 2. The van der Waals surface area contributed by atoms with E-state index in [0.29, 0.717) is 11.3 Å². The number of rotatable bonds is 4. The minimum absolute atomic E-state index is 0.0631. The normalized spacial score (nSPS) is 12.0. The van der Waals surface area contributed by atoms with Gasteiger partial charge in [0.05, 0.1) is 22.4 Å². The molecule has 0 fully saturated rings. The molecular formula is C13H5F5N2O4S. The van der Waals surface area contributed by atoms with Gasteiger partial charge in [0.15, 0.2) is 17.9 Å². The fraction of sp³-hybridized carbons (Fsp3) is 0.154. The van der Waals surface area contributed by atoms with Crippen molar-refractivity contribution < 1.29 is 36.0 Å². The number of hydrogen-bond donors (Lipinski definition) is 0. The summed E-state index contributed by atoms with van der Waals surface area (Å²) in [4.78, 5) is 21.9. The number of aromatic nitrogens is 2. The lowest BCUT2D eigenvalue weighted by Gasteiger charge is -2.04. The van der Waals surface area contributed by atoms with Crippen LogP contribution >= 0.6 is 11.3 Å². The lowest BCUT2D eigenvalue weighted by atomic mass is 10.1. The molecule has 3 aromatic rings. The summed E-state index contributed by atoms with van der Waals surface area (Å²) >= 11 is 0.443. The van der Waals surface area contributed by atoms with Crippen LogP contribution in [0, 0.1) is 11.6 Å². The highest BCUT2D eigenvalue weighted by molar-refractivity contribution is 7.09. The van der Waals surface area contributed by atoms with E-state index in [0.717, 1.165) is 16.8 Å². The number of benzene rings is 1. The predicted octanol–water partition coefficient (Wildman–Crippen LogP) is 3.17. The van der Waals surface area contributed by atoms with Crippen LogP contribution in [0.4, 0.5) is 22.0 Å². The summed E-state index contributed by atoms with van der Waals surface area (Å²) < 4.78 is 72.6. The van der Waals surface area contributed by atoms with Crippen LogP contribution in [-0.2, 0) is 11.3 Å². The minimum Gasteiger partial charge on any atom is -0.351 e. The van der Waals surface area contributed by atoms with Crippen LogP contribution in [0.5, 0.6) is 0 Å². The highest BCUT2D eigenvalue weighted by atomic mass is 32.1. The second-order valence-corrected chi connectivity index (χ2v) is 5.74. The zero-order valence-electron chi connectivity index (χ0n) is 11.8. The van der Waals surface area contributed by atoms with E-state index in [9.17, 15) is 31.5 Å². The molecule has 0 amide bonds. The predicted molar refractivity (Wildman–Crippen MR) is 73.6 cm³/mol. The van der Waals surface area contributed by atoms with Crippen molar-refractivity contribution in [3.8, 4) is 5.82 Å². The summed E-state index contributed by atoms with van der Waals surface area (Å²) in [6.45, 7) is -0.908. The molecular weight excluding hydrogens is 375 g/mol. The van der Waals surface area contributed by atoms with E-state index >= 15 is 0 Å². The van der Waals surface area contributed by atoms with Crippen LogP contribution < -0.4 is 4.87 Å². The summed E-state index contributed by atoms with van der Waals surface area (Å²) in [5.74, 6) is -3.21. The van der Waals surface area contributed by atoms with Gasteiger partial charge in [-0.25, -0.2) is 4.39 Å². The van der Waals surface area contributed by atoms with Crippen LogP contribution in [0.15, 0.2) is 21.6 Å². The van der Waals surface area contributed by atoms with E-state index in [1.54, 1.807) is 0 Å². The van der Waals surface area contributed by atoms with Crippen LogP contribution in [-0.4, -0.2) is 22.4 Å². The first-order valence-corrected chi connectivity index (χ1v) is 7.18. The van der Waals surface area contributed by atoms with Gasteiger partial charge in [0.25, 0.3) is 0 Å². The zero-order valence-corrected chi connectivity index (χ0v) is 12.6. The van der Waals surface area contributed by atoms with Crippen molar-refractivity contribution in [2.45, 2.75) is 13.0 Å². The second-order valence-electron chi connectivity index (χ2n) is 4.66. The molecule has 0 unspecified atom stereocenters. The Morgan fingerprint density at radius 2 is 2.04 bits per heavy atom. The van der Waals surface area contributed by atoms with Crippen LogP contribution in [0.1, 0.15) is 15.2 Å². The van der Waals surface area contributed by atoms with E-state index in [1.807, 2.05) is 0 Å². The van der Waals surface area contributed by atoms with E-state index in [-0.39, 0.29) is 22.4 Å². The molecule has 0 radical (unpaired) electrons. The molecule has 0 spiro atoms. The number of carbonyl (C=O) groups excluding carboxylic acids is 1. The van der Waals surface area contributed by atoms with Gasteiger partial charge < -0.3 is 4.52 Å². The Labute approximate surface area is 138 Å². The maximum Gasteiger partial charge on any atom is 0.522 e. The third kappa shape index (κ3) is 3.17. The summed E-state index contributed by atoms with van der Waals surface area (Å²) in [6.07, 6.45) is -3.82. The second kappa shape index (κ2) is 6.04. The number of aldehydes is 1. The van der Waals surface area contributed by atoms with Crippen molar-refractivity contribution in [2.75, 3.05) is 0 Å². The van der Waals surface area contributed by atoms with Gasteiger partial charge in [0.1, 0.15) is 0 Å². The molecule has 0 aliphatic heterocycles. The molecule has 0 aliphatic rings. The molecule has 3 rings (SSSR count). The monoisotopic (exact) mass is 380 g/mol. The number of fused-ring (bicyclic) bond motifs is 1. The molecule has 2 heterocycles. The van der Waals surface area contributed by atoms with Gasteiger partial charge in [0, 0.05) is 6.20 Å². The highest BCUT2D eigenvalue weighted by Gasteiger charge is 2.29. The smallest absolute Gasteiger partial charge is 0.351 e. The minimum atomic E-state index is -4.88. The summed E-state index contributed by atoms with van der Waals surface area (Å²) in [7, 11) is 0.